The molecule has 0 atom stereocenters. The van der Waals surface area contributed by atoms with Gasteiger partial charge in [0.15, 0.2) is 0 Å². The van der Waals surface area contributed by atoms with E-state index >= 15 is 0 Å². The lowest BCUT2D eigenvalue weighted by Crippen LogP contribution is -2.35. The van der Waals surface area contributed by atoms with Crippen LogP contribution in [-0.4, -0.2) is 30.9 Å². The highest BCUT2D eigenvalue weighted by Gasteiger charge is 2.08. The van der Waals surface area contributed by atoms with Gasteiger partial charge >= 0.3 is 0 Å². The summed E-state index contributed by atoms with van der Waals surface area (Å²) in [5.74, 6) is -0.451. The van der Waals surface area contributed by atoms with E-state index in [0.717, 1.165) is 0 Å². The van der Waals surface area contributed by atoms with Crippen LogP contribution < -0.4 is 5.32 Å². The molecule has 3 nitrogen and oxygen atoms in total. The summed E-state index contributed by atoms with van der Waals surface area (Å²) < 4.78 is 13.5. The summed E-state index contributed by atoms with van der Waals surface area (Å²) in [5.41, 5.74) is 0.462. The molecule has 0 unspecified atom stereocenters. The van der Waals surface area contributed by atoms with Crippen LogP contribution in [-0.2, 0) is 11.3 Å². The first-order valence-corrected chi connectivity index (χ1v) is 5.81. The molecule has 0 bridgehead atoms. The molecule has 0 saturated heterocycles. The average Bonchev–Trinajstić information content (AvgIpc) is 2.33. The van der Waals surface area contributed by atoms with Crippen LogP contribution in [0.5, 0.6) is 0 Å². The van der Waals surface area contributed by atoms with Gasteiger partial charge in [-0.25, -0.2) is 4.39 Å². The predicted molar refractivity (Wildman–Crippen MR) is 66.4 cm³/mol. The zero-order chi connectivity index (χ0) is 12.8. The molecule has 1 N–H and O–H groups in total. The van der Waals surface area contributed by atoms with Crippen molar-refractivity contribution in [2.24, 2.45) is 0 Å². The fourth-order valence-corrected chi connectivity index (χ4v) is 1.49. The molecule has 1 amide bonds. The van der Waals surface area contributed by atoms with Gasteiger partial charge in [0.05, 0.1) is 11.6 Å². The molecule has 1 aromatic carbocycles. The molecule has 1 aromatic rings. The van der Waals surface area contributed by atoms with Crippen LogP contribution in [0.3, 0.4) is 0 Å². The second-order valence-corrected chi connectivity index (χ2v) is 4.13. The van der Waals surface area contributed by atoms with Gasteiger partial charge in [-0.15, -0.1) is 0 Å². The largest absolute Gasteiger partial charge is 0.345 e. The summed E-state index contributed by atoms with van der Waals surface area (Å²) in [6.45, 7) is 3.03. The minimum absolute atomic E-state index is 0.0186. The highest BCUT2D eigenvalue weighted by atomic mass is 35.5. The van der Waals surface area contributed by atoms with Gasteiger partial charge in [0.25, 0.3) is 0 Å². The molecule has 0 saturated carbocycles. The summed E-state index contributed by atoms with van der Waals surface area (Å²) in [4.78, 5) is 13.1. The van der Waals surface area contributed by atoms with Crippen molar-refractivity contribution in [2.75, 3.05) is 20.1 Å². The van der Waals surface area contributed by atoms with Crippen molar-refractivity contribution in [3.05, 3.63) is 34.6 Å². The van der Waals surface area contributed by atoms with Crippen LogP contribution in [0.2, 0.25) is 5.02 Å². The van der Waals surface area contributed by atoms with E-state index in [4.69, 9.17) is 11.6 Å². The minimum atomic E-state index is -0.432. The maximum Gasteiger partial charge on any atom is 0.236 e. The molecular formula is C12H16ClFN2O. The summed E-state index contributed by atoms with van der Waals surface area (Å²) in [6, 6.07) is 4.82. The SMILES string of the molecule is CCN(C)C(=O)CNCc1cccc(Cl)c1F. The van der Waals surface area contributed by atoms with Gasteiger partial charge in [-0.05, 0) is 13.0 Å². The molecule has 0 aliphatic heterocycles. The highest BCUT2D eigenvalue weighted by molar-refractivity contribution is 6.30. The summed E-state index contributed by atoms with van der Waals surface area (Å²) in [7, 11) is 1.73. The number of nitrogens with one attached hydrogen (secondary N) is 1. The number of rotatable bonds is 5. The summed E-state index contributed by atoms with van der Waals surface area (Å²) >= 11 is 5.65. The predicted octanol–water partition coefficient (Wildman–Crippen LogP) is 2.05. The number of hydrogen-bond acceptors (Lipinski definition) is 2. The van der Waals surface area contributed by atoms with Crippen LogP contribution in [0.4, 0.5) is 4.39 Å². The van der Waals surface area contributed by atoms with Crippen molar-refractivity contribution in [3.8, 4) is 0 Å². The zero-order valence-electron chi connectivity index (χ0n) is 9.96. The fraction of sp³-hybridized carbons (Fsp3) is 0.417. The third kappa shape index (κ3) is 3.98. The number of benzene rings is 1. The molecule has 0 fully saturated rings. The van der Waals surface area contributed by atoms with Crippen molar-refractivity contribution in [3.63, 3.8) is 0 Å². The normalized spacial score (nSPS) is 10.4. The van der Waals surface area contributed by atoms with E-state index in [9.17, 15) is 9.18 Å². The van der Waals surface area contributed by atoms with Crippen LogP contribution >= 0.6 is 11.6 Å². The Morgan fingerprint density at radius 1 is 1.53 bits per heavy atom. The summed E-state index contributed by atoms with van der Waals surface area (Å²) in [5, 5.41) is 2.99. The van der Waals surface area contributed by atoms with Gasteiger partial charge in [-0.2, -0.15) is 0 Å². The maximum atomic E-state index is 13.5. The fourth-order valence-electron chi connectivity index (χ4n) is 1.30. The average molecular weight is 259 g/mol. The molecule has 0 radical (unpaired) electrons. The molecule has 0 spiro atoms. The van der Waals surface area contributed by atoms with Crippen molar-refractivity contribution < 1.29 is 9.18 Å². The Kier molecular flexibility index (Phi) is 5.38. The Hall–Kier alpha value is -1.13. The number of likely N-dealkylation sites (N-methyl/N-ethyl adjacent to an activating group) is 1. The number of nitrogens with zero attached hydrogens (tertiary/aromatic N) is 1. The molecule has 0 aliphatic rings. The molecule has 5 heteroatoms. The lowest BCUT2D eigenvalue weighted by atomic mass is 10.2. The molecule has 94 valence electrons. The van der Waals surface area contributed by atoms with Crippen LogP contribution in [0.25, 0.3) is 0 Å². The number of amides is 1. The smallest absolute Gasteiger partial charge is 0.236 e. The third-order valence-corrected chi connectivity index (χ3v) is 2.82. The first-order chi connectivity index (χ1) is 8.06. The minimum Gasteiger partial charge on any atom is -0.345 e. The standard InChI is InChI=1S/C12H16ClFN2O/c1-3-16(2)11(17)8-15-7-9-5-4-6-10(13)12(9)14/h4-6,15H,3,7-8H2,1-2H3. The lowest BCUT2D eigenvalue weighted by molar-refractivity contribution is -0.128. The zero-order valence-corrected chi connectivity index (χ0v) is 10.7. The molecule has 0 heterocycles. The van der Waals surface area contributed by atoms with Gasteiger partial charge < -0.3 is 10.2 Å². The third-order valence-electron chi connectivity index (χ3n) is 2.52. The highest BCUT2D eigenvalue weighted by Crippen LogP contribution is 2.17. The van der Waals surface area contributed by atoms with Gasteiger partial charge in [0.2, 0.25) is 5.91 Å². The monoisotopic (exact) mass is 258 g/mol. The van der Waals surface area contributed by atoms with Gasteiger partial charge in [-0.1, -0.05) is 23.7 Å². The van der Waals surface area contributed by atoms with E-state index < -0.39 is 5.82 Å². The van der Waals surface area contributed by atoms with Crippen molar-refractivity contribution in [2.45, 2.75) is 13.5 Å². The van der Waals surface area contributed by atoms with Crippen molar-refractivity contribution in [1.82, 2.24) is 10.2 Å². The van der Waals surface area contributed by atoms with E-state index in [1.807, 2.05) is 6.92 Å². The second kappa shape index (κ2) is 6.57. The molecule has 0 aliphatic carbocycles. The van der Waals surface area contributed by atoms with Gasteiger partial charge in [0.1, 0.15) is 5.82 Å². The van der Waals surface area contributed by atoms with Crippen LogP contribution in [0, 0.1) is 5.82 Å². The Morgan fingerprint density at radius 3 is 2.88 bits per heavy atom. The van der Waals surface area contributed by atoms with E-state index in [1.54, 1.807) is 24.1 Å². The maximum absolute atomic E-state index is 13.5. The van der Waals surface area contributed by atoms with Crippen molar-refractivity contribution >= 4 is 17.5 Å². The first-order valence-electron chi connectivity index (χ1n) is 5.43. The Morgan fingerprint density at radius 2 is 2.24 bits per heavy atom. The Bertz CT molecular complexity index is 398. The summed E-state index contributed by atoms with van der Waals surface area (Å²) in [6.07, 6.45) is 0. The van der Waals surface area contributed by atoms with E-state index in [2.05, 4.69) is 5.32 Å². The van der Waals surface area contributed by atoms with Crippen LogP contribution in [0.1, 0.15) is 12.5 Å². The number of carbonyl (C=O) groups is 1. The number of hydrogen-bond donors (Lipinski definition) is 1. The topological polar surface area (TPSA) is 32.3 Å². The van der Waals surface area contributed by atoms with E-state index in [0.29, 0.717) is 12.1 Å². The van der Waals surface area contributed by atoms with Crippen LogP contribution in [0.15, 0.2) is 18.2 Å². The Balaban J connectivity index is 2.46. The van der Waals surface area contributed by atoms with Crippen molar-refractivity contribution in [1.29, 1.82) is 0 Å². The molecule has 0 aromatic heterocycles. The number of carbonyl (C=O) groups excluding carboxylic acids is 1. The molecular weight excluding hydrogens is 243 g/mol. The molecule has 1 rings (SSSR count). The van der Waals surface area contributed by atoms with Gasteiger partial charge in [-0.3, -0.25) is 4.79 Å². The Labute approximate surface area is 106 Å². The quantitative estimate of drug-likeness (QED) is 0.877. The lowest BCUT2D eigenvalue weighted by Gasteiger charge is -2.14. The second-order valence-electron chi connectivity index (χ2n) is 3.72. The van der Waals surface area contributed by atoms with E-state index in [-0.39, 0.29) is 24.0 Å². The first kappa shape index (κ1) is 13.9. The van der Waals surface area contributed by atoms with E-state index in [1.165, 1.54) is 6.07 Å². The van der Waals surface area contributed by atoms with Gasteiger partial charge in [0, 0.05) is 25.7 Å². The molecule has 17 heavy (non-hydrogen) atoms. The number of halogens is 2.